The Morgan fingerprint density at radius 1 is 1.17 bits per heavy atom. The molecule has 1 unspecified atom stereocenters. The highest BCUT2D eigenvalue weighted by molar-refractivity contribution is 6.31. The lowest BCUT2D eigenvalue weighted by Crippen LogP contribution is -2.21. The van der Waals surface area contributed by atoms with Gasteiger partial charge in [-0.05, 0) is 29.3 Å². The summed E-state index contributed by atoms with van der Waals surface area (Å²) in [4.78, 5) is 3.92. The summed E-state index contributed by atoms with van der Waals surface area (Å²) in [6, 6.07) is 11.3. The van der Waals surface area contributed by atoms with Gasteiger partial charge in [0.15, 0.2) is 0 Å². The van der Waals surface area contributed by atoms with E-state index in [1.165, 1.54) is 0 Å². The van der Waals surface area contributed by atoms with Gasteiger partial charge in [0.05, 0.1) is 6.10 Å². The fourth-order valence-corrected chi connectivity index (χ4v) is 1.89. The zero-order valence-corrected chi connectivity index (χ0v) is 10.6. The first kappa shape index (κ1) is 13.0. The standard InChI is InChI=1S/C14H15ClN2O/c15-13-4-2-1-3-12(13)9-17-10-14(18)11-5-7-16-8-6-11/h1-8,14,17-18H,9-10H2. The Kier molecular flexibility index (Phi) is 4.70. The minimum absolute atomic E-state index is 0.481. The second-order valence-corrected chi connectivity index (χ2v) is 4.43. The van der Waals surface area contributed by atoms with Gasteiger partial charge < -0.3 is 10.4 Å². The van der Waals surface area contributed by atoms with Crippen molar-refractivity contribution in [2.75, 3.05) is 6.54 Å². The number of aromatic nitrogens is 1. The van der Waals surface area contributed by atoms with E-state index in [2.05, 4.69) is 10.3 Å². The molecule has 2 aromatic rings. The van der Waals surface area contributed by atoms with Crippen molar-refractivity contribution in [1.82, 2.24) is 10.3 Å². The number of halogens is 1. The number of rotatable bonds is 5. The molecule has 0 amide bonds. The first-order chi connectivity index (χ1) is 8.77. The molecule has 18 heavy (non-hydrogen) atoms. The van der Waals surface area contributed by atoms with Crippen LogP contribution in [0.15, 0.2) is 48.8 Å². The molecule has 0 aliphatic rings. The third-order valence-electron chi connectivity index (χ3n) is 2.70. The SMILES string of the molecule is OC(CNCc1ccccc1Cl)c1ccncc1. The Labute approximate surface area is 111 Å². The molecule has 2 rings (SSSR count). The maximum absolute atomic E-state index is 9.94. The highest BCUT2D eigenvalue weighted by atomic mass is 35.5. The molecule has 0 aliphatic carbocycles. The quantitative estimate of drug-likeness (QED) is 0.871. The van der Waals surface area contributed by atoms with Crippen LogP contribution in [0, 0.1) is 0 Å². The molecule has 1 aromatic carbocycles. The number of benzene rings is 1. The lowest BCUT2D eigenvalue weighted by atomic mass is 10.1. The summed E-state index contributed by atoms with van der Waals surface area (Å²) in [5, 5.41) is 13.9. The van der Waals surface area contributed by atoms with Gasteiger partial charge in [0.2, 0.25) is 0 Å². The monoisotopic (exact) mass is 262 g/mol. The molecule has 4 heteroatoms. The van der Waals surface area contributed by atoms with Crippen LogP contribution in [0.25, 0.3) is 0 Å². The van der Waals surface area contributed by atoms with E-state index in [9.17, 15) is 5.11 Å². The molecule has 0 fully saturated rings. The van der Waals surface area contributed by atoms with Gasteiger partial charge in [-0.1, -0.05) is 29.8 Å². The van der Waals surface area contributed by atoms with Gasteiger partial charge in [-0.3, -0.25) is 4.98 Å². The molecule has 0 saturated heterocycles. The Bertz CT molecular complexity index is 490. The highest BCUT2D eigenvalue weighted by Crippen LogP contribution is 2.15. The van der Waals surface area contributed by atoms with E-state index in [-0.39, 0.29) is 0 Å². The van der Waals surface area contributed by atoms with Crippen LogP contribution in [0.5, 0.6) is 0 Å². The summed E-state index contributed by atoms with van der Waals surface area (Å²) in [6.45, 7) is 1.12. The maximum atomic E-state index is 9.94. The van der Waals surface area contributed by atoms with Gasteiger partial charge in [-0.25, -0.2) is 0 Å². The third-order valence-corrected chi connectivity index (χ3v) is 3.07. The summed E-state index contributed by atoms with van der Waals surface area (Å²) < 4.78 is 0. The molecule has 1 atom stereocenters. The summed E-state index contributed by atoms with van der Waals surface area (Å²) in [7, 11) is 0. The topological polar surface area (TPSA) is 45.1 Å². The van der Waals surface area contributed by atoms with Crippen LogP contribution < -0.4 is 5.32 Å². The predicted molar refractivity (Wildman–Crippen MR) is 72.4 cm³/mol. The van der Waals surface area contributed by atoms with E-state index in [0.717, 1.165) is 16.1 Å². The number of hydrogen-bond acceptors (Lipinski definition) is 3. The zero-order valence-electron chi connectivity index (χ0n) is 9.88. The van der Waals surface area contributed by atoms with Crippen LogP contribution in [0.1, 0.15) is 17.2 Å². The van der Waals surface area contributed by atoms with Crippen molar-refractivity contribution in [3.8, 4) is 0 Å². The van der Waals surface area contributed by atoms with E-state index in [1.807, 2.05) is 36.4 Å². The van der Waals surface area contributed by atoms with Crippen LogP contribution in [0.3, 0.4) is 0 Å². The minimum Gasteiger partial charge on any atom is -0.387 e. The van der Waals surface area contributed by atoms with Crippen LogP contribution >= 0.6 is 11.6 Å². The van der Waals surface area contributed by atoms with Crippen molar-refractivity contribution in [1.29, 1.82) is 0 Å². The molecular weight excluding hydrogens is 248 g/mol. The molecule has 1 aromatic heterocycles. The lowest BCUT2D eigenvalue weighted by Gasteiger charge is -2.12. The number of nitrogens with zero attached hydrogens (tertiary/aromatic N) is 1. The first-order valence-corrected chi connectivity index (χ1v) is 6.17. The van der Waals surface area contributed by atoms with Gasteiger partial charge in [-0.15, -0.1) is 0 Å². The molecule has 0 radical (unpaired) electrons. The Morgan fingerprint density at radius 2 is 1.89 bits per heavy atom. The average Bonchev–Trinajstić information content (AvgIpc) is 2.42. The molecular formula is C14H15ClN2O. The van der Waals surface area contributed by atoms with Crippen molar-refractivity contribution in [3.05, 3.63) is 64.9 Å². The van der Waals surface area contributed by atoms with E-state index in [1.54, 1.807) is 12.4 Å². The molecule has 0 spiro atoms. The molecule has 0 bridgehead atoms. The first-order valence-electron chi connectivity index (χ1n) is 5.79. The van der Waals surface area contributed by atoms with Crippen molar-refractivity contribution in [2.45, 2.75) is 12.6 Å². The van der Waals surface area contributed by atoms with Crippen molar-refractivity contribution >= 4 is 11.6 Å². The number of nitrogens with one attached hydrogen (secondary N) is 1. The fraction of sp³-hybridized carbons (Fsp3) is 0.214. The third kappa shape index (κ3) is 3.53. The van der Waals surface area contributed by atoms with Crippen molar-refractivity contribution in [2.24, 2.45) is 0 Å². The zero-order chi connectivity index (χ0) is 12.8. The van der Waals surface area contributed by atoms with E-state index in [4.69, 9.17) is 11.6 Å². The second kappa shape index (κ2) is 6.50. The molecule has 1 heterocycles. The summed E-state index contributed by atoms with van der Waals surface area (Å²) in [5.74, 6) is 0. The largest absolute Gasteiger partial charge is 0.387 e. The van der Waals surface area contributed by atoms with E-state index >= 15 is 0 Å². The normalized spacial score (nSPS) is 12.3. The van der Waals surface area contributed by atoms with Crippen LogP contribution in [-0.2, 0) is 6.54 Å². The lowest BCUT2D eigenvalue weighted by molar-refractivity contribution is 0.174. The Hall–Kier alpha value is -1.42. The summed E-state index contributed by atoms with van der Waals surface area (Å²) in [5.41, 5.74) is 1.89. The summed E-state index contributed by atoms with van der Waals surface area (Å²) in [6.07, 6.45) is 2.81. The molecule has 94 valence electrons. The van der Waals surface area contributed by atoms with Gasteiger partial charge in [0.1, 0.15) is 0 Å². The van der Waals surface area contributed by atoms with E-state index in [0.29, 0.717) is 13.1 Å². The summed E-state index contributed by atoms with van der Waals surface area (Å²) >= 11 is 6.05. The molecule has 0 saturated carbocycles. The molecule has 3 nitrogen and oxygen atoms in total. The predicted octanol–water partition coefficient (Wildman–Crippen LogP) is 2.56. The van der Waals surface area contributed by atoms with Gasteiger partial charge in [0.25, 0.3) is 0 Å². The second-order valence-electron chi connectivity index (χ2n) is 4.02. The van der Waals surface area contributed by atoms with Gasteiger partial charge in [-0.2, -0.15) is 0 Å². The van der Waals surface area contributed by atoms with Crippen LogP contribution in [-0.4, -0.2) is 16.6 Å². The minimum atomic E-state index is -0.532. The van der Waals surface area contributed by atoms with Gasteiger partial charge in [0, 0.05) is 30.5 Å². The van der Waals surface area contributed by atoms with Crippen LogP contribution in [0.2, 0.25) is 5.02 Å². The highest BCUT2D eigenvalue weighted by Gasteiger charge is 2.06. The van der Waals surface area contributed by atoms with Gasteiger partial charge >= 0.3 is 0 Å². The number of aliphatic hydroxyl groups excluding tert-OH is 1. The average molecular weight is 263 g/mol. The smallest absolute Gasteiger partial charge is 0.0915 e. The van der Waals surface area contributed by atoms with Crippen LogP contribution in [0.4, 0.5) is 0 Å². The molecule has 2 N–H and O–H groups in total. The fourth-order valence-electron chi connectivity index (χ4n) is 1.69. The maximum Gasteiger partial charge on any atom is 0.0915 e. The number of aliphatic hydroxyl groups is 1. The Balaban J connectivity index is 1.84. The van der Waals surface area contributed by atoms with Crippen molar-refractivity contribution in [3.63, 3.8) is 0 Å². The van der Waals surface area contributed by atoms with Crippen molar-refractivity contribution < 1.29 is 5.11 Å². The number of hydrogen-bond donors (Lipinski definition) is 2. The van der Waals surface area contributed by atoms with E-state index < -0.39 is 6.10 Å². The Morgan fingerprint density at radius 3 is 2.61 bits per heavy atom. The number of pyridine rings is 1. The molecule has 0 aliphatic heterocycles.